The third-order valence-corrected chi connectivity index (χ3v) is 1.74. The van der Waals surface area contributed by atoms with Gasteiger partial charge in [-0.25, -0.2) is 19.4 Å². The van der Waals surface area contributed by atoms with Crippen LogP contribution >= 0.6 is 0 Å². The summed E-state index contributed by atoms with van der Waals surface area (Å²) >= 11 is 0. The number of hydrogen-bond acceptors (Lipinski definition) is 9. The molecule has 0 spiro atoms. The van der Waals surface area contributed by atoms with Crippen LogP contribution in [0.1, 0.15) is 6.92 Å². The van der Waals surface area contributed by atoms with Gasteiger partial charge in [0.1, 0.15) is 18.3 Å². The fourth-order valence-electron chi connectivity index (χ4n) is 0.811. The fraction of sp³-hybridized carbons (Fsp3) is 0.750. The molecule has 0 aromatic carbocycles. The first kappa shape index (κ1) is 15.7. The predicted octanol–water partition coefficient (Wildman–Crippen LogP) is -3.56. The number of rotatable bonds is 5. The monoisotopic (exact) mass is 254 g/mol. The van der Waals surface area contributed by atoms with Crippen LogP contribution in [0.25, 0.3) is 0 Å². The van der Waals surface area contributed by atoms with Crippen LogP contribution in [0.5, 0.6) is 0 Å². The van der Waals surface area contributed by atoms with E-state index in [1.165, 1.54) is 0 Å². The summed E-state index contributed by atoms with van der Waals surface area (Å²) in [6.07, 6.45) is -8.08. The average molecular weight is 254 g/mol. The van der Waals surface area contributed by atoms with Crippen molar-refractivity contribution in [3.05, 3.63) is 0 Å². The lowest BCUT2D eigenvalue weighted by atomic mass is 10.0. The van der Waals surface area contributed by atoms with E-state index in [1.54, 1.807) is 0 Å². The Kier molecular flexibility index (Phi) is 6.61. The van der Waals surface area contributed by atoms with Gasteiger partial charge in [0.25, 0.3) is 0 Å². The van der Waals surface area contributed by atoms with Gasteiger partial charge < -0.3 is 25.5 Å². The first-order chi connectivity index (χ1) is 7.81. The summed E-state index contributed by atoms with van der Waals surface area (Å²) in [7, 11) is 0. The highest BCUT2D eigenvalue weighted by molar-refractivity contribution is 5.76. The van der Waals surface area contributed by atoms with Crippen molar-refractivity contribution >= 4 is 11.9 Å². The molecule has 0 bridgehead atoms. The summed E-state index contributed by atoms with van der Waals surface area (Å²) in [5, 5.41) is 44.9. The second-order valence-electron chi connectivity index (χ2n) is 3.15. The molecule has 0 aliphatic heterocycles. The van der Waals surface area contributed by atoms with Crippen molar-refractivity contribution in [3.63, 3.8) is 0 Å². The third-order valence-electron chi connectivity index (χ3n) is 1.74. The van der Waals surface area contributed by atoms with Crippen LogP contribution in [0.2, 0.25) is 0 Å². The van der Waals surface area contributed by atoms with Crippen molar-refractivity contribution in [1.82, 2.24) is 0 Å². The highest BCUT2D eigenvalue weighted by Crippen LogP contribution is 2.06. The van der Waals surface area contributed by atoms with E-state index in [2.05, 4.69) is 9.78 Å². The summed E-state index contributed by atoms with van der Waals surface area (Å²) in [4.78, 5) is 28.8. The second kappa shape index (κ2) is 7.14. The molecule has 4 atom stereocenters. The number of aliphatic hydroxyl groups is 5. The van der Waals surface area contributed by atoms with Crippen LogP contribution in [-0.2, 0) is 19.4 Å². The van der Waals surface area contributed by atoms with E-state index in [0.29, 0.717) is 0 Å². The van der Waals surface area contributed by atoms with Crippen molar-refractivity contribution in [2.75, 3.05) is 6.61 Å². The lowest BCUT2D eigenvalue weighted by Gasteiger charge is -2.23. The van der Waals surface area contributed by atoms with E-state index in [4.69, 9.17) is 20.4 Å². The minimum absolute atomic E-state index is 0.885. The van der Waals surface area contributed by atoms with E-state index < -0.39 is 43.0 Å². The van der Waals surface area contributed by atoms with Gasteiger partial charge in [0.2, 0.25) is 0 Å². The summed E-state index contributed by atoms with van der Waals surface area (Å²) in [6.45, 7) is 0.0460. The molecule has 0 fully saturated rings. The quantitative estimate of drug-likeness (QED) is 0.247. The molecule has 0 aliphatic carbocycles. The SMILES string of the molecule is CC(=O)OOC(=O)[C@H](O)[C@@H](O)[C@H](O)[C@H](O)CO. The summed E-state index contributed by atoms with van der Waals surface area (Å²) in [5.41, 5.74) is 0. The maximum absolute atomic E-state index is 10.9. The van der Waals surface area contributed by atoms with Crippen molar-refractivity contribution < 1.29 is 44.9 Å². The first-order valence-corrected chi connectivity index (χ1v) is 4.53. The predicted molar refractivity (Wildman–Crippen MR) is 49.0 cm³/mol. The van der Waals surface area contributed by atoms with Crippen LogP contribution in [0.4, 0.5) is 0 Å². The highest BCUT2D eigenvalue weighted by Gasteiger charge is 2.36. The van der Waals surface area contributed by atoms with Gasteiger partial charge in [0.15, 0.2) is 6.10 Å². The van der Waals surface area contributed by atoms with E-state index in [-0.39, 0.29) is 0 Å². The minimum atomic E-state index is -2.24. The first-order valence-electron chi connectivity index (χ1n) is 4.53. The number of carbonyl (C=O) groups is 2. The Morgan fingerprint density at radius 3 is 2.00 bits per heavy atom. The van der Waals surface area contributed by atoms with Crippen molar-refractivity contribution in [2.45, 2.75) is 31.3 Å². The molecule has 0 rings (SSSR count). The van der Waals surface area contributed by atoms with Crippen LogP contribution in [0.3, 0.4) is 0 Å². The number of carbonyl (C=O) groups excluding carboxylic acids is 2. The zero-order chi connectivity index (χ0) is 13.6. The summed E-state index contributed by atoms with van der Waals surface area (Å²) in [5.74, 6) is -2.49. The molecular weight excluding hydrogens is 240 g/mol. The Bertz CT molecular complexity index is 266. The van der Waals surface area contributed by atoms with E-state index in [9.17, 15) is 14.7 Å². The van der Waals surface area contributed by atoms with Gasteiger partial charge in [-0.3, -0.25) is 0 Å². The van der Waals surface area contributed by atoms with Crippen molar-refractivity contribution in [1.29, 1.82) is 0 Å². The van der Waals surface area contributed by atoms with E-state index >= 15 is 0 Å². The Morgan fingerprint density at radius 2 is 1.59 bits per heavy atom. The maximum atomic E-state index is 10.9. The van der Waals surface area contributed by atoms with Crippen molar-refractivity contribution in [3.8, 4) is 0 Å². The molecule has 100 valence electrons. The molecule has 0 saturated heterocycles. The molecule has 0 aromatic heterocycles. The fourth-order valence-corrected chi connectivity index (χ4v) is 0.811. The Hall–Kier alpha value is -1.26. The Morgan fingerprint density at radius 1 is 1.06 bits per heavy atom. The van der Waals surface area contributed by atoms with E-state index in [1.807, 2.05) is 0 Å². The van der Waals surface area contributed by atoms with Gasteiger partial charge >= 0.3 is 11.9 Å². The standard InChI is InChI=1S/C8H14O9/c1-3(10)16-17-8(15)7(14)6(13)5(12)4(11)2-9/h4-7,9,11-14H,2H2,1H3/t4-,5-,6+,7-/m1/s1. The van der Waals surface area contributed by atoms with Crippen LogP contribution in [0, 0.1) is 0 Å². The molecule has 9 heteroatoms. The molecule has 0 amide bonds. The maximum Gasteiger partial charge on any atom is 0.386 e. The van der Waals surface area contributed by atoms with Gasteiger partial charge in [-0.1, -0.05) is 0 Å². The molecule has 0 aliphatic rings. The Labute approximate surface area is 95.7 Å². The molecular formula is C8H14O9. The number of hydrogen-bond donors (Lipinski definition) is 5. The molecule has 0 unspecified atom stereocenters. The smallest absolute Gasteiger partial charge is 0.386 e. The lowest BCUT2D eigenvalue weighted by molar-refractivity contribution is -0.267. The van der Waals surface area contributed by atoms with Gasteiger partial charge in [-0.2, -0.15) is 0 Å². The normalized spacial score (nSPS) is 17.8. The van der Waals surface area contributed by atoms with Crippen LogP contribution < -0.4 is 0 Å². The molecule has 0 aromatic rings. The topological polar surface area (TPSA) is 154 Å². The molecule has 9 nitrogen and oxygen atoms in total. The zero-order valence-electron chi connectivity index (χ0n) is 8.89. The molecule has 0 radical (unpaired) electrons. The molecule has 5 N–H and O–H groups in total. The highest BCUT2D eigenvalue weighted by atomic mass is 17.2. The number of aliphatic hydroxyl groups excluding tert-OH is 5. The van der Waals surface area contributed by atoms with Gasteiger partial charge in [-0.15, -0.1) is 0 Å². The van der Waals surface area contributed by atoms with Crippen LogP contribution in [-0.4, -0.2) is 68.5 Å². The minimum Gasteiger partial charge on any atom is -0.394 e. The van der Waals surface area contributed by atoms with Crippen LogP contribution in [0.15, 0.2) is 0 Å². The Balaban J connectivity index is 4.32. The lowest BCUT2D eigenvalue weighted by Crippen LogP contribution is -2.49. The zero-order valence-corrected chi connectivity index (χ0v) is 8.89. The molecule has 0 saturated carbocycles. The van der Waals surface area contributed by atoms with Gasteiger partial charge in [0.05, 0.1) is 6.61 Å². The molecule has 0 heterocycles. The van der Waals surface area contributed by atoms with E-state index in [0.717, 1.165) is 6.92 Å². The van der Waals surface area contributed by atoms with Gasteiger partial charge in [0, 0.05) is 6.92 Å². The molecule has 17 heavy (non-hydrogen) atoms. The summed E-state index contributed by atoms with van der Waals surface area (Å²) < 4.78 is 0. The largest absolute Gasteiger partial charge is 0.394 e. The average Bonchev–Trinajstić information content (AvgIpc) is 2.31. The second-order valence-corrected chi connectivity index (χ2v) is 3.15. The van der Waals surface area contributed by atoms with Gasteiger partial charge in [-0.05, 0) is 0 Å². The summed E-state index contributed by atoms with van der Waals surface area (Å²) in [6, 6.07) is 0. The third kappa shape index (κ3) is 5.06. The van der Waals surface area contributed by atoms with Crippen molar-refractivity contribution in [2.24, 2.45) is 0 Å².